The third-order valence-electron chi connectivity index (χ3n) is 4.71. The van der Waals surface area contributed by atoms with Crippen LogP contribution < -0.4 is 0 Å². The number of hydrogen-bond acceptors (Lipinski definition) is 5. The molecule has 2 aromatic heterocycles. The highest BCUT2D eigenvalue weighted by molar-refractivity contribution is 7.21. The first-order valence-electron chi connectivity index (χ1n) is 9.34. The molecule has 31 heavy (non-hydrogen) atoms. The summed E-state index contributed by atoms with van der Waals surface area (Å²) in [4.78, 5) is 4.85. The Balaban J connectivity index is 1.74. The maximum Gasteiger partial charge on any atom is 0.237 e. The van der Waals surface area contributed by atoms with Crippen molar-refractivity contribution in [3.8, 4) is 28.4 Å². The lowest BCUT2D eigenvalue weighted by Crippen LogP contribution is -1.93. The number of fused-ring (bicyclic) bond motifs is 1. The van der Waals surface area contributed by atoms with E-state index in [9.17, 15) is 13.9 Å². The van der Waals surface area contributed by atoms with E-state index in [-0.39, 0.29) is 33.4 Å². The number of benzene rings is 3. The molecule has 152 valence electrons. The zero-order chi connectivity index (χ0) is 21.4. The largest absolute Gasteiger partial charge is 0.492 e. The second-order valence-electron chi connectivity index (χ2n) is 6.65. The molecule has 5 nitrogen and oxygen atoms in total. The van der Waals surface area contributed by atoms with E-state index in [2.05, 4.69) is 15.2 Å². The summed E-state index contributed by atoms with van der Waals surface area (Å²) in [5.41, 5.74) is 1.50. The summed E-state index contributed by atoms with van der Waals surface area (Å²) in [5.74, 6) is -1.25. The minimum Gasteiger partial charge on any atom is -0.492 e. The highest BCUT2D eigenvalue weighted by atomic mass is 32.1. The molecule has 0 fully saturated rings. The molecule has 0 aliphatic carbocycles. The Hall–Kier alpha value is -3.91. The van der Waals surface area contributed by atoms with E-state index < -0.39 is 11.6 Å². The number of imidazole rings is 1. The van der Waals surface area contributed by atoms with Crippen LogP contribution in [0.25, 0.3) is 27.5 Å². The smallest absolute Gasteiger partial charge is 0.237 e. The molecule has 0 aliphatic heterocycles. The first-order chi connectivity index (χ1) is 15.1. The van der Waals surface area contributed by atoms with Gasteiger partial charge in [-0.25, -0.2) is 13.8 Å². The van der Waals surface area contributed by atoms with Crippen molar-refractivity contribution in [1.82, 2.24) is 9.38 Å². The third kappa shape index (κ3) is 3.36. The molecule has 8 heteroatoms. The molecule has 0 saturated heterocycles. The molecule has 0 spiro atoms. The van der Waals surface area contributed by atoms with Crippen molar-refractivity contribution in [1.29, 1.82) is 0 Å². The average molecular weight is 432 g/mol. The van der Waals surface area contributed by atoms with Crippen LogP contribution in [0.2, 0.25) is 0 Å². The Labute approximate surface area is 179 Å². The van der Waals surface area contributed by atoms with Crippen LogP contribution in [0.4, 0.5) is 19.5 Å². The summed E-state index contributed by atoms with van der Waals surface area (Å²) in [5, 5.41) is 19.4. The molecule has 1 N–H and O–H groups in total. The van der Waals surface area contributed by atoms with Gasteiger partial charge in [-0.2, -0.15) is 0 Å². The first-order valence-corrected chi connectivity index (χ1v) is 10.2. The Morgan fingerprint density at radius 3 is 2.06 bits per heavy atom. The summed E-state index contributed by atoms with van der Waals surface area (Å²) in [6.45, 7) is 0. The fourth-order valence-corrected chi connectivity index (χ4v) is 4.14. The normalized spacial score (nSPS) is 11.5. The van der Waals surface area contributed by atoms with Gasteiger partial charge in [0, 0.05) is 11.1 Å². The molecule has 5 rings (SSSR count). The van der Waals surface area contributed by atoms with Crippen molar-refractivity contribution in [3.05, 3.63) is 90.5 Å². The molecule has 0 atom stereocenters. The van der Waals surface area contributed by atoms with Crippen molar-refractivity contribution in [2.24, 2.45) is 10.2 Å². The van der Waals surface area contributed by atoms with Crippen LogP contribution >= 0.6 is 11.3 Å². The number of aromatic hydroxyl groups is 1. The fourth-order valence-electron chi connectivity index (χ4n) is 3.30. The zero-order valence-corrected chi connectivity index (χ0v) is 16.7. The fraction of sp³-hybridized carbons (Fsp3) is 0. The summed E-state index contributed by atoms with van der Waals surface area (Å²) >= 11 is 1.08. The van der Waals surface area contributed by atoms with Gasteiger partial charge in [-0.15, -0.1) is 10.2 Å². The van der Waals surface area contributed by atoms with Crippen molar-refractivity contribution in [2.45, 2.75) is 0 Å². The van der Waals surface area contributed by atoms with Crippen molar-refractivity contribution >= 4 is 27.0 Å². The van der Waals surface area contributed by atoms with Crippen molar-refractivity contribution in [2.75, 3.05) is 0 Å². The third-order valence-corrected chi connectivity index (χ3v) is 5.62. The predicted molar refractivity (Wildman–Crippen MR) is 116 cm³/mol. The number of nitrogens with zero attached hydrogens (tertiary/aromatic N) is 4. The maximum absolute atomic E-state index is 14.7. The minimum atomic E-state index is -0.514. The Kier molecular flexibility index (Phi) is 4.76. The van der Waals surface area contributed by atoms with Crippen LogP contribution in [0.15, 0.2) is 89.1 Å². The van der Waals surface area contributed by atoms with Gasteiger partial charge in [0.05, 0.1) is 11.4 Å². The number of rotatable bonds is 4. The van der Waals surface area contributed by atoms with Crippen LogP contribution in [0, 0.1) is 11.6 Å². The van der Waals surface area contributed by atoms with Crippen molar-refractivity contribution in [3.63, 3.8) is 0 Å². The molecule has 0 radical (unpaired) electrons. The molecule has 0 saturated carbocycles. The molecule has 0 unspecified atom stereocenters. The van der Waals surface area contributed by atoms with E-state index in [1.54, 1.807) is 48.5 Å². The summed E-state index contributed by atoms with van der Waals surface area (Å²) in [6.07, 6.45) is 0. The molecule has 3 aromatic carbocycles. The predicted octanol–water partition coefficient (Wildman–Crippen LogP) is 7.13. The number of halogens is 2. The second-order valence-corrected chi connectivity index (χ2v) is 7.61. The van der Waals surface area contributed by atoms with Gasteiger partial charge < -0.3 is 5.11 Å². The van der Waals surface area contributed by atoms with Gasteiger partial charge in [-0.1, -0.05) is 53.8 Å². The van der Waals surface area contributed by atoms with E-state index in [0.29, 0.717) is 10.6 Å². The lowest BCUT2D eigenvalue weighted by molar-refractivity contribution is 0.451. The number of thiazole rings is 1. The van der Waals surface area contributed by atoms with Crippen LogP contribution in [-0.2, 0) is 0 Å². The molecule has 0 bridgehead atoms. The van der Waals surface area contributed by atoms with Gasteiger partial charge in [0.2, 0.25) is 10.9 Å². The van der Waals surface area contributed by atoms with Gasteiger partial charge in [0.25, 0.3) is 0 Å². The van der Waals surface area contributed by atoms with E-state index >= 15 is 0 Å². The minimum absolute atomic E-state index is 0.188. The van der Waals surface area contributed by atoms with E-state index in [0.717, 1.165) is 11.3 Å². The highest BCUT2D eigenvalue weighted by Gasteiger charge is 2.25. The first kappa shape index (κ1) is 19.1. The zero-order valence-electron chi connectivity index (χ0n) is 15.9. The summed E-state index contributed by atoms with van der Waals surface area (Å²) in [7, 11) is 0. The van der Waals surface area contributed by atoms with Crippen LogP contribution in [0.5, 0.6) is 5.88 Å². The molecular weight excluding hydrogens is 418 g/mol. The Morgan fingerprint density at radius 1 is 0.774 bits per heavy atom. The lowest BCUT2D eigenvalue weighted by Gasteiger charge is -2.07. The van der Waals surface area contributed by atoms with Crippen LogP contribution in [-0.4, -0.2) is 14.5 Å². The van der Waals surface area contributed by atoms with E-state index in [4.69, 9.17) is 0 Å². The number of azo groups is 1. The lowest BCUT2D eigenvalue weighted by atomic mass is 10.0. The Morgan fingerprint density at radius 2 is 1.39 bits per heavy atom. The quantitative estimate of drug-likeness (QED) is 0.307. The number of aromatic nitrogens is 2. The van der Waals surface area contributed by atoms with Gasteiger partial charge in [-0.3, -0.25) is 4.40 Å². The molecule has 0 aliphatic rings. The maximum atomic E-state index is 14.7. The topological polar surface area (TPSA) is 62.2 Å². The van der Waals surface area contributed by atoms with Gasteiger partial charge in [0.15, 0.2) is 4.96 Å². The standard InChI is InChI=1S/C23H14F2N4OS/c24-17-12-6-4-10-15(17)19-20(16-11-5-7-13-18(16)25)29-22(30)21(31-23(29)26-19)28-27-14-8-2-1-3-9-14/h1-13,30H. The monoisotopic (exact) mass is 432 g/mol. The van der Waals surface area contributed by atoms with E-state index in [1.165, 1.54) is 16.5 Å². The molecular formula is C23H14F2N4OS. The van der Waals surface area contributed by atoms with Crippen LogP contribution in [0.1, 0.15) is 0 Å². The van der Waals surface area contributed by atoms with Gasteiger partial charge >= 0.3 is 0 Å². The summed E-state index contributed by atoms with van der Waals surface area (Å²) in [6, 6.07) is 21.3. The second kappa shape index (κ2) is 7.73. The molecule has 0 amide bonds. The summed E-state index contributed by atoms with van der Waals surface area (Å²) < 4.78 is 30.7. The van der Waals surface area contributed by atoms with E-state index in [1.807, 2.05) is 18.2 Å². The Bertz CT molecular complexity index is 1430. The average Bonchev–Trinajstić information content (AvgIpc) is 3.30. The number of hydrogen-bond donors (Lipinski definition) is 1. The highest BCUT2D eigenvalue weighted by Crippen LogP contribution is 2.44. The molecule has 2 heterocycles. The SMILES string of the molecule is Oc1c(N=Nc2ccccc2)sc2nc(-c3ccccc3F)c(-c3ccccc3F)n12. The van der Waals surface area contributed by atoms with Crippen LogP contribution in [0.3, 0.4) is 0 Å². The molecule has 5 aromatic rings. The van der Waals surface area contributed by atoms with Gasteiger partial charge in [0.1, 0.15) is 17.3 Å². The van der Waals surface area contributed by atoms with Gasteiger partial charge in [-0.05, 0) is 36.4 Å². The van der Waals surface area contributed by atoms with Crippen molar-refractivity contribution < 1.29 is 13.9 Å².